The summed E-state index contributed by atoms with van der Waals surface area (Å²) in [6, 6.07) is 4.85. The van der Waals surface area contributed by atoms with Gasteiger partial charge in [0, 0.05) is 18.7 Å². The van der Waals surface area contributed by atoms with Crippen LogP contribution in [0.15, 0.2) is 27.4 Å². The van der Waals surface area contributed by atoms with Gasteiger partial charge in [-0.05, 0) is 38.0 Å². The Kier molecular flexibility index (Phi) is 4.32. The molecule has 6 nitrogen and oxygen atoms in total. The van der Waals surface area contributed by atoms with Gasteiger partial charge in [0.1, 0.15) is 6.54 Å². The van der Waals surface area contributed by atoms with Crippen LogP contribution in [-0.4, -0.2) is 34.2 Å². The van der Waals surface area contributed by atoms with Crippen LogP contribution in [0.2, 0.25) is 0 Å². The minimum atomic E-state index is -0.566. The van der Waals surface area contributed by atoms with E-state index in [4.69, 9.17) is 4.42 Å². The van der Waals surface area contributed by atoms with E-state index in [0.717, 1.165) is 38.8 Å². The number of benzene rings is 1. The molecule has 1 saturated heterocycles. The summed E-state index contributed by atoms with van der Waals surface area (Å²) < 4.78 is 6.53. The van der Waals surface area contributed by atoms with Crippen molar-refractivity contribution in [2.24, 2.45) is 0 Å². The second-order valence-electron chi connectivity index (χ2n) is 5.99. The number of nitrogens with zero attached hydrogens (tertiary/aromatic N) is 2. The quantitative estimate of drug-likeness (QED) is 0.814. The van der Waals surface area contributed by atoms with Gasteiger partial charge in [-0.2, -0.15) is 0 Å². The summed E-state index contributed by atoms with van der Waals surface area (Å²) in [5.41, 5.74) is 1.37. The molecule has 1 amide bonds. The number of hydrogen-bond acceptors (Lipinski definition) is 4. The highest BCUT2D eigenvalue weighted by atomic mass is 16.4. The van der Waals surface area contributed by atoms with Gasteiger partial charge in [0.25, 0.3) is 0 Å². The molecule has 1 aliphatic rings. The molecule has 1 aliphatic heterocycles. The predicted molar refractivity (Wildman–Crippen MR) is 85.5 cm³/mol. The van der Waals surface area contributed by atoms with Crippen LogP contribution in [0.5, 0.6) is 0 Å². The number of ketones is 1. The van der Waals surface area contributed by atoms with Crippen LogP contribution in [-0.2, 0) is 11.3 Å². The highest BCUT2D eigenvalue weighted by Gasteiger charge is 2.19. The van der Waals surface area contributed by atoms with Crippen molar-refractivity contribution < 1.29 is 14.0 Å². The fraction of sp³-hybridized carbons (Fsp3) is 0.471. The third-order valence-electron chi connectivity index (χ3n) is 4.33. The van der Waals surface area contributed by atoms with Gasteiger partial charge in [-0.25, -0.2) is 4.79 Å². The van der Waals surface area contributed by atoms with Crippen LogP contribution in [0.3, 0.4) is 0 Å². The third-order valence-corrected chi connectivity index (χ3v) is 4.33. The molecule has 0 unspecified atom stereocenters. The summed E-state index contributed by atoms with van der Waals surface area (Å²) in [5, 5.41) is 0. The Hall–Kier alpha value is -2.37. The number of carbonyl (C=O) groups excluding carboxylic acids is 2. The largest absolute Gasteiger partial charge is 0.420 e. The summed E-state index contributed by atoms with van der Waals surface area (Å²) in [4.78, 5) is 37.7. The second kappa shape index (κ2) is 6.40. The summed E-state index contributed by atoms with van der Waals surface area (Å²) in [6.45, 7) is 2.93. The lowest BCUT2D eigenvalue weighted by Crippen LogP contribution is -2.36. The first kappa shape index (κ1) is 15.5. The van der Waals surface area contributed by atoms with Gasteiger partial charge < -0.3 is 9.32 Å². The lowest BCUT2D eigenvalue weighted by molar-refractivity contribution is -0.131. The minimum Gasteiger partial charge on any atom is -0.408 e. The molecule has 6 heteroatoms. The fourth-order valence-corrected chi connectivity index (χ4v) is 2.99. The van der Waals surface area contributed by atoms with E-state index in [0.29, 0.717) is 16.7 Å². The fourth-order valence-electron chi connectivity index (χ4n) is 2.99. The number of aromatic nitrogens is 1. The summed E-state index contributed by atoms with van der Waals surface area (Å²) in [6.07, 6.45) is 4.31. The van der Waals surface area contributed by atoms with E-state index in [2.05, 4.69) is 0 Å². The van der Waals surface area contributed by atoms with E-state index in [1.807, 2.05) is 4.90 Å². The van der Waals surface area contributed by atoms with Gasteiger partial charge in [-0.15, -0.1) is 0 Å². The van der Waals surface area contributed by atoms with Crippen molar-refractivity contribution in [3.63, 3.8) is 0 Å². The molecule has 1 fully saturated rings. The molecule has 0 spiro atoms. The molecular formula is C17H20N2O4. The van der Waals surface area contributed by atoms with Crippen LogP contribution >= 0.6 is 0 Å². The molecule has 0 saturated carbocycles. The number of oxazole rings is 1. The van der Waals surface area contributed by atoms with E-state index in [1.165, 1.54) is 11.5 Å². The highest BCUT2D eigenvalue weighted by Crippen LogP contribution is 2.16. The van der Waals surface area contributed by atoms with Crippen molar-refractivity contribution in [1.29, 1.82) is 0 Å². The molecule has 0 N–H and O–H groups in total. The Bertz CT molecular complexity index is 795. The monoisotopic (exact) mass is 316 g/mol. The summed E-state index contributed by atoms with van der Waals surface area (Å²) in [7, 11) is 0. The van der Waals surface area contributed by atoms with Crippen molar-refractivity contribution in [1.82, 2.24) is 9.47 Å². The summed E-state index contributed by atoms with van der Waals surface area (Å²) in [5.74, 6) is -0.723. The number of carbonyl (C=O) groups is 2. The SMILES string of the molecule is CC(=O)c1ccc2c(c1)oc(=O)n2CC(=O)N1CCCCCC1. The second-order valence-corrected chi connectivity index (χ2v) is 5.99. The average Bonchev–Trinajstić information content (AvgIpc) is 2.72. The van der Waals surface area contributed by atoms with Crippen LogP contribution in [0.25, 0.3) is 11.1 Å². The Morgan fingerprint density at radius 3 is 2.48 bits per heavy atom. The van der Waals surface area contributed by atoms with E-state index in [9.17, 15) is 14.4 Å². The molecule has 0 atom stereocenters. The van der Waals surface area contributed by atoms with E-state index in [-0.39, 0.29) is 18.2 Å². The average molecular weight is 316 g/mol. The molecule has 1 aromatic carbocycles. The van der Waals surface area contributed by atoms with E-state index in [1.54, 1.807) is 18.2 Å². The maximum Gasteiger partial charge on any atom is 0.420 e. The smallest absolute Gasteiger partial charge is 0.408 e. The zero-order valence-corrected chi connectivity index (χ0v) is 13.2. The maximum atomic E-state index is 12.5. The molecular weight excluding hydrogens is 296 g/mol. The molecule has 0 aliphatic carbocycles. The number of Topliss-reactive ketones (excluding diaryl/α,β-unsaturated/α-hetero) is 1. The molecule has 2 aromatic rings. The van der Waals surface area contributed by atoms with Gasteiger partial charge >= 0.3 is 5.76 Å². The lowest BCUT2D eigenvalue weighted by Gasteiger charge is -2.20. The van der Waals surface area contributed by atoms with Crippen LogP contribution < -0.4 is 5.76 Å². The van der Waals surface area contributed by atoms with Crippen molar-refractivity contribution in [3.05, 3.63) is 34.3 Å². The minimum absolute atomic E-state index is 0.0226. The first-order chi connectivity index (χ1) is 11.1. The van der Waals surface area contributed by atoms with Crippen molar-refractivity contribution >= 4 is 22.8 Å². The van der Waals surface area contributed by atoms with Gasteiger partial charge in [0.05, 0.1) is 5.52 Å². The Morgan fingerprint density at radius 1 is 1.13 bits per heavy atom. The zero-order valence-electron chi connectivity index (χ0n) is 13.2. The van der Waals surface area contributed by atoms with Crippen LogP contribution in [0.4, 0.5) is 0 Å². The molecule has 122 valence electrons. The number of amides is 1. The van der Waals surface area contributed by atoms with E-state index < -0.39 is 5.76 Å². The molecule has 1 aromatic heterocycles. The predicted octanol–water partition coefficient (Wildman–Crippen LogP) is 2.20. The van der Waals surface area contributed by atoms with Gasteiger partial charge in [-0.3, -0.25) is 14.2 Å². The molecule has 0 bridgehead atoms. The van der Waals surface area contributed by atoms with Crippen molar-refractivity contribution in [2.45, 2.75) is 39.2 Å². The topological polar surface area (TPSA) is 72.5 Å². The molecule has 2 heterocycles. The van der Waals surface area contributed by atoms with Crippen LogP contribution in [0.1, 0.15) is 43.0 Å². The van der Waals surface area contributed by atoms with Gasteiger partial charge in [-0.1, -0.05) is 12.8 Å². The lowest BCUT2D eigenvalue weighted by atomic mass is 10.1. The molecule has 3 rings (SSSR count). The molecule has 0 radical (unpaired) electrons. The Labute approximate surface area is 133 Å². The Morgan fingerprint density at radius 2 is 1.83 bits per heavy atom. The Balaban J connectivity index is 1.87. The maximum absolute atomic E-state index is 12.5. The number of fused-ring (bicyclic) bond motifs is 1. The van der Waals surface area contributed by atoms with Crippen molar-refractivity contribution in [2.75, 3.05) is 13.1 Å². The zero-order chi connectivity index (χ0) is 16.4. The van der Waals surface area contributed by atoms with E-state index >= 15 is 0 Å². The highest BCUT2D eigenvalue weighted by molar-refractivity contribution is 5.97. The number of rotatable bonds is 3. The summed E-state index contributed by atoms with van der Waals surface area (Å²) >= 11 is 0. The third kappa shape index (κ3) is 3.21. The molecule has 23 heavy (non-hydrogen) atoms. The number of hydrogen-bond donors (Lipinski definition) is 0. The van der Waals surface area contributed by atoms with Crippen molar-refractivity contribution in [3.8, 4) is 0 Å². The first-order valence-electron chi connectivity index (χ1n) is 7.98. The van der Waals surface area contributed by atoms with Gasteiger partial charge in [0.2, 0.25) is 5.91 Å². The van der Waals surface area contributed by atoms with Gasteiger partial charge in [0.15, 0.2) is 11.4 Å². The number of likely N-dealkylation sites (tertiary alicyclic amines) is 1. The first-order valence-corrected chi connectivity index (χ1v) is 7.98. The standard InChI is InChI=1S/C17H20N2O4/c1-12(20)13-6-7-14-15(10-13)23-17(22)19(14)11-16(21)18-8-4-2-3-5-9-18/h6-7,10H,2-5,8-9,11H2,1H3. The normalized spacial score (nSPS) is 15.6. The van der Waals surface area contributed by atoms with Crippen LogP contribution in [0, 0.1) is 0 Å².